The van der Waals surface area contributed by atoms with Crippen LogP contribution in [0, 0.1) is 0 Å². The number of carbonyl (C=O) groups excluding carboxylic acids is 1. The fourth-order valence-electron chi connectivity index (χ4n) is 5.26. The van der Waals surface area contributed by atoms with Crippen LogP contribution in [0.3, 0.4) is 0 Å². The lowest BCUT2D eigenvalue weighted by molar-refractivity contribution is -0.142. The predicted octanol–water partition coefficient (Wildman–Crippen LogP) is 11.0. The molecule has 0 radical (unpaired) electrons. The quantitative estimate of drug-likeness (QED) is 0.157. The van der Waals surface area contributed by atoms with E-state index in [-0.39, 0.29) is 38.4 Å². The lowest BCUT2D eigenvalue weighted by Gasteiger charge is -2.26. The predicted molar refractivity (Wildman–Crippen MR) is 202 cm³/mol. The second-order valence-corrected chi connectivity index (χ2v) is 20.8. The molecule has 0 N–H and O–H groups in total. The Morgan fingerprint density at radius 2 is 0.978 bits per heavy atom. The summed E-state index contributed by atoms with van der Waals surface area (Å²) in [5.74, 6) is -0.107. The number of rotatable bonds is 10. The first kappa shape index (κ1) is 36.1. The van der Waals surface area contributed by atoms with Gasteiger partial charge >= 0.3 is 5.97 Å². The van der Waals surface area contributed by atoms with Gasteiger partial charge in [0.05, 0.1) is 19.1 Å². The lowest BCUT2D eigenvalue weighted by atomic mass is 9.87. The molecule has 4 rings (SSSR count). The summed E-state index contributed by atoms with van der Waals surface area (Å²) >= 11 is 5.45. The molecule has 1 aliphatic rings. The van der Waals surface area contributed by atoms with Gasteiger partial charge in [-0.1, -0.05) is 122 Å². The summed E-state index contributed by atoms with van der Waals surface area (Å²) in [6, 6.07) is 26.9. The van der Waals surface area contributed by atoms with Gasteiger partial charge in [0.2, 0.25) is 5.25 Å². The third kappa shape index (κ3) is 8.41. The SMILES string of the molecule is CCOC(=O)C([S+](C)C)C1(Sc2ccc(C(C)(C)C)cc2)C(Sc2ccc(C(C)(C)C)cc2)=C1Sc1ccc(C(C)(C)C)cc1. The van der Waals surface area contributed by atoms with Crippen molar-refractivity contribution in [2.45, 2.75) is 110 Å². The number of esters is 1. The minimum Gasteiger partial charge on any atom is -0.462 e. The van der Waals surface area contributed by atoms with Crippen LogP contribution >= 0.6 is 35.3 Å². The van der Waals surface area contributed by atoms with E-state index in [4.69, 9.17) is 4.74 Å². The normalized spacial score (nSPS) is 15.8. The van der Waals surface area contributed by atoms with E-state index in [0.29, 0.717) is 6.61 Å². The van der Waals surface area contributed by atoms with Gasteiger partial charge in [-0.05, 0) is 87.2 Å². The molecule has 0 aromatic heterocycles. The third-order valence-electron chi connectivity index (χ3n) is 8.04. The molecule has 3 aromatic carbocycles. The first-order valence-electron chi connectivity index (χ1n) is 15.7. The standard InChI is InChI=1S/C39H51O2S4/c1-13-41-35(40)34(45(11)12)39(44-31-24-18-28(19-25-31)38(8,9)10)32(42-29-20-14-26(15-21-29)36(2,3)4)33(39)43-30-22-16-27(17-23-30)37(5,6)7/h14-25,34H,13H2,1-12H3/q+1. The van der Waals surface area contributed by atoms with Gasteiger partial charge in [-0.3, -0.25) is 0 Å². The monoisotopic (exact) mass is 679 g/mol. The molecule has 0 saturated heterocycles. The Kier molecular flexibility index (Phi) is 11.1. The molecule has 0 bridgehead atoms. The van der Waals surface area contributed by atoms with Crippen LogP contribution in [0.5, 0.6) is 0 Å². The van der Waals surface area contributed by atoms with Crippen LogP contribution in [0.15, 0.2) is 97.3 Å². The summed E-state index contributed by atoms with van der Waals surface area (Å²) < 4.78 is 5.31. The van der Waals surface area contributed by atoms with Gasteiger partial charge in [0, 0.05) is 24.5 Å². The molecule has 2 nitrogen and oxygen atoms in total. The maximum Gasteiger partial charge on any atom is 0.361 e. The first-order valence-corrected chi connectivity index (χ1v) is 20.3. The van der Waals surface area contributed by atoms with E-state index in [2.05, 4.69) is 148 Å². The van der Waals surface area contributed by atoms with Crippen molar-refractivity contribution in [3.05, 3.63) is 99.3 Å². The van der Waals surface area contributed by atoms with Crippen LogP contribution in [0.1, 0.15) is 85.9 Å². The van der Waals surface area contributed by atoms with Gasteiger partial charge in [-0.2, -0.15) is 0 Å². The second kappa shape index (κ2) is 13.8. The molecular formula is C39H51O2S4+. The molecular weight excluding hydrogens is 629 g/mol. The van der Waals surface area contributed by atoms with Crippen molar-refractivity contribution in [2.75, 3.05) is 19.1 Å². The van der Waals surface area contributed by atoms with E-state index in [1.165, 1.54) is 41.2 Å². The van der Waals surface area contributed by atoms with Crippen molar-refractivity contribution in [3.8, 4) is 0 Å². The summed E-state index contributed by atoms with van der Waals surface area (Å²) in [6.45, 7) is 22.5. The minimum atomic E-state index is -0.497. The number of ether oxygens (including phenoxy) is 1. The van der Waals surface area contributed by atoms with Crippen LogP contribution in [0.2, 0.25) is 0 Å². The van der Waals surface area contributed by atoms with Crippen LogP contribution in [0.25, 0.3) is 0 Å². The molecule has 0 saturated carbocycles. The van der Waals surface area contributed by atoms with Crippen LogP contribution in [-0.2, 0) is 36.7 Å². The van der Waals surface area contributed by atoms with E-state index in [0.717, 1.165) is 0 Å². The molecule has 0 spiro atoms. The van der Waals surface area contributed by atoms with Crippen molar-refractivity contribution >= 4 is 52.1 Å². The first-order chi connectivity index (χ1) is 20.9. The van der Waals surface area contributed by atoms with E-state index in [1.54, 1.807) is 0 Å². The minimum absolute atomic E-state index is 0.0754. The molecule has 0 fully saturated rings. The van der Waals surface area contributed by atoms with Crippen LogP contribution in [-0.4, -0.2) is 35.1 Å². The van der Waals surface area contributed by atoms with Gasteiger partial charge in [0.25, 0.3) is 0 Å². The van der Waals surface area contributed by atoms with Crippen molar-refractivity contribution in [3.63, 3.8) is 0 Å². The lowest BCUT2D eigenvalue weighted by Crippen LogP contribution is -2.44. The van der Waals surface area contributed by atoms with Crippen molar-refractivity contribution in [1.29, 1.82) is 0 Å². The Labute approximate surface area is 288 Å². The summed E-state index contributed by atoms with van der Waals surface area (Å²) in [5.41, 5.74) is 4.20. The smallest absolute Gasteiger partial charge is 0.361 e. The highest BCUT2D eigenvalue weighted by molar-refractivity contribution is 8.13. The number of benzene rings is 3. The van der Waals surface area contributed by atoms with E-state index in [9.17, 15) is 4.79 Å². The maximum absolute atomic E-state index is 13.9. The summed E-state index contributed by atoms with van der Waals surface area (Å²) in [5, 5.41) is -0.294. The van der Waals surface area contributed by atoms with Gasteiger partial charge < -0.3 is 4.74 Å². The van der Waals surface area contributed by atoms with Crippen LogP contribution in [0.4, 0.5) is 0 Å². The summed E-state index contributed by atoms with van der Waals surface area (Å²) in [4.78, 5) is 20.0. The highest BCUT2D eigenvalue weighted by Crippen LogP contribution is 2.70. The van der Waals surface area contributed by atoms with Gasteiger partial charge in [0.15, 0.2) is 0 Å². The molecule has 1 atom stereocenters. The zero-order valence-corrected chi connectivity index (χ0v) is 32.4. The third-order valence-corrected chi connectivity index (χ3v) is 14.0. The number of hydrogen-bond donors (Lipinski definition) is 0. The van der Waals surface area contributed by atoms with E-state index in [1.807, 2.05) is 42.2 Å². The van der Waals surface area contributed by atoms with Crippen LogP contribution < -0.4 is 0 Å². The molecule has 1 aliphatic carbocycles. The summed E-state index contributed by atoms with van der Waals surface area (Å²) in [6.07, 6.45) is 4.37. The molecule has 3 aromatic rings. The molecule has 0 aliphatic heterocycles. The Bertz CT molecular complexity index is 1430. The Balaban J connectivity index is 1.82. The average molecular weight is 680 g/mol. The number of thioether (sulfide) groups is 3. The summed E-state index contributed by atoms with van der Waals surface area (Å²) in [7, 11) is -0.236. The van der Waals surface area contributed by atoms with Gasteiger partial charge in [-0.25, -0.2) is 4.79 Å². The van der Waals surface area contributed by atoms with E-state index >= 15 is 0 Å². The van der Waals surface area contributed by atoms with Crippen molar-refractivity contribution in [2.24, 2.45) is 0 Å². The molecule has 0 heterocycles. The molecule has 6 heteroatoms. The Morgan fingerprint density at radius 3 is 1.27 bits per heavy atom. The molecule has 45 heavy (non-hydrogen) atoms. The fraction of sp³-hybridized carbons (Fsp3) is 0.462. The highest BCUT2D eigenvalue weighted by Gasteiger charge is 2.68. The second-order valence-electron chi connectivity index (χ2n) is 15.0. The zero-order valence-electron chi connectivity index (χ0n) is 29.2. The Hall–Kier alpha value is -1.73. The average Bonchev–Trinajstić information content (AvgIpc) is 3.50. The maximum atomic E-state index is 13.9. The van der Waals surface area contributed by atoms with Gasteiger partial charge in [0.1, 0.15) is 4.75 Å². The number of hydrogen-bond acceptors (Lipinski definition) is 5. The highest BCUT2D eigenvalue weighted by atomic mass is 32.2. The largest absolute Gasteiger partial charge is 0.462 e. The van der Waals surface area contributed by atoms with E-state index < -0.39 is 4.75 Å². The Morgan fingerprint density at radius 1 is 0.644 bits per heavy atom. The zero-order chi connectivity index (χ0) is 33.4. The van der Waals surface area contributed by atoms with Crippen molar-refractivity contribution < 1.29 is 9.53 Å². The number of carbonyl (C=O) groups is 1. The topological polar surface area (TPSA) is 26.3 Å². The molecule has 1 unspecified atom stereocenters. The fourth-order valence-corrected chi connectivity index (χ4v) is 11.8. The van der Waals surface area contributed by atoms with Gasteiger partial charge in [-0.15, -0.1) is 11.8 Å². The molecule has 0 amide bonds. The van der Waals surface area contributed by atoms with Crippen molar-refractivity contribution in [1.82, 2.24) is 0 Å². The molecule has 242 valence electrons.